The second-order valence-electron chi connectivity index (χ2n) is 8.16. The lowest BCUT2D eigenvalue weighted by molar-refractivity contribution is 0.118. The first kappa shape index (κ1) is 22.3. The number of thiophene rings is 1. The summed E-state index contributed by atoms with van der Waals surface area (Å²) >= 11 is 1.56. The van der Waals surface area contributed by atoms with Crippen LogP contribution < -0.4 is 5.73 Å². The molecule has 2 aromatic carbocycles. The van der Waals surface area contributed by atoms with Gasteiger partial charge in [-0.2, -0.15) is 0 Å². The molecule has 0 unspecified atom stereocenters. The van der Waals surface area contributed by atoms with Crippen LogP contribution in [-0.2, 0) is 24.8 Å². The van der Waals surface area contributed by atoms with Gasteiger partial charge in [-0.25, -0.2) is 14.4 Å². The van der Waals surface area contributed by atoms with Crippen LogP contribution in [0, 0.1) is 5.82 Å². The minimum Gasteiger partial charge on any atom is -0.382 e. The highest BCUT2D eigenvalue weighted by molar-refractivity contribution is 7.18. The van der Waals surface area contributed by atoms with Gasteiger partial charge >= 0.3 is 0 Å². The number of benzene rings is 2. The van der Waals surface area contributed by atoms with Gasteiger partial charge in [-0.1, -0.05) is 42.5 Å². The van der Waals surface area contributed by atoms with Gasteiger partial charge in [-0.3, -0.25) is 0 Å². The Morgan fingerprint density at radius 3 is 2.62 bits per heavy atom. The summed E-state index contributed by atoms with van der Waals surface area (Å²) in [7, 11) is 2.01. The van der Waals surface area contributed by atoms with E-state index >= 15 is 0 Å². The minimum atomic E-state index is -0.246. The fourth-order valence-electron chi connectivity index (χ4n) is 3.98. The van der Waals surface area contributed by atoms with E-state index in [0.717, 1.165) is 45.2 Å². The minimum absolute atomic E-state index is 0.246. The highest BCUT2D eigenvalue weighted by atomic mass is 32.1. The quantitative estimate of drug-likeness (QED) is 0.272. The van der Waals surface area contributed by atoms with Crippen LogP contribution in [0.5, 0.6) is 0 Å². The van der Waals surface area contributed by atoms with Crippen LogP contribution in [0.1, 0.15) is 17.8 Å². The van der Waals surface area contributed by atoms with Gasteiger partial charge in [0.1, 0.15) is 17.2 Å². The summed E-state index contributed by atoms with van der Waals surface area (Å²) in [6.07, 6.45) is 1.66. The summed E-state index contributed by atoms with van der Waals surface area (Å²) in [4.78, 5) is 11.3. The number of halogens is 1. The van der Waals surface area contributed by atoms with Crippen LogP contribution >= 0.6 is 11.3 Å². The molecule has 3 aromatic heterocycles. The van der Waals surface area contributed by atoms with E-state index in [2.05, 4.69) is 21.7 Å². The number of aryl methyl sites for hydroxylation is 2. The Morgan fingerprint density at radius 1 is 0.971 bits per heavy atom. The number of pyridine rings is 1. The molecule has 5 aromatic rings. The average Bonchev–Trinajstić information content (AvgIpc) is 3.46. The van der Waals surface area contributed by atoms with Crippen molar-refractivity contribution in [3.05, 3.63) is 90.0 Å². The standard InChI is InChI=1S/C27H25FN4OS/c1-32-22-16-21(24-13-12-23(34-24)19-9-5-10-20(28)15-19)30-27(29)26(22)31-25(32)11-6-14-33-17-18-7-3-2-4-8-18/h2-5,7-10,12-13,15-16H,6,11,14,17H2,1H3,(H2,29,30). The maximum atomic E-state index is 13.6. The molecule has 0 bridgehead atoms. The second-order valence-corrected chi connectivity index (χ2v) is 9.25. The van der Waals surface area contributed by atoms with E-state index in [0.29, 0.717) is 24.5 Å². The number of nitrogens with zero attached hydrogens (tertiary/aromatic N) is 3. The number of hydrogen-bond donors (Lipinski definition) is 1. The lowest BCUT2D eigenvalue weighted by Crippen LogP contribution is -2.02. The number of aromatic nitrogens is 3. The van der Waals surface area contributed by atoms with Gasteiger partial charge in [-0.05, 0) is 47.9 Å². The first-order chi connectivity index (χ1) is 16.6. The molecule has 5 rings (SSSR count). The molecule has 0 aliphatic heterocycles. The number of fused-ring (bicyclic) bond motifs is 1. The van der Waals surface area contributed by atoms with Crippen molar-refractivity contribution in [2.45, 2.75) is 19.4 Å². The van der Waals surface area contributed by atoms with Crippen molar-refractivity contribution in [3.8, 4) is 21.0 Å². The average molecular weight is 473 g/mol. The molecule has 0 atom stereocenters. The van der Waals surface area contributed by atoms with Gasteiger partial charge in [0, 0.05) is 25.0 Å². The largest absolute Gasteiger partial charge is 0.382 e. The van der Waals surface area contributed by atoms with Crippen LogP contribution in [0.25, 0.3) is 32.0 Å². The van der Waals surface area contributed by atoms with Gasteiger partial charge in [-0.15, -0.1) is 11.3 Å². The molecule has 7 heteroatoms. The molecule has 2 N–H and O–H groups in total. The molecule has 5 nitrogen and oxygen atoms in total. The molecule has 0 amide bonds. The molecular weight excluding hydrogens is 447 g/mol. The highest BCUT2D eigenvalue weighted by Crippen LogP contribution is 2.35. The maximum absolute atomic E-state index is 13.6. The Labute approximate surface area is 201 Å². The van der Waals surface area contributed by atoms with Gasteiger partial charge in [0.25, 0.3) is 0 Å². The van der Waals surface area contributed by atoms with Crippen molar-refractivity contribution in [2.75, 3.05) is 12.3 Å². The van der Waals surface area contributed by atoms with Crippen LogP contribution in [0.2, 0.25) is 0 Å². The van der Waals surface area contributed by atoms with Crippen LogP contribution in [-0.4, -0.2) is 21.1 Å². The van der Waals surface area contributed by atoms with Gasteiger partial charge in [0.2, 0.25) is 0 Å². The van der Waals surface area contributed by atoms with Crippen molar-refractivity contribution < 1.29 is 9.13 Å². The zero-order valence-corrected chi connectivity index (χ0v) is 19.7. The van der Waals surface area contributed by atoms with Crippen molar-refractivity contribution in [1.29, 1.82) is 0 Å². The third-order valence-electron chi connectivity index (χ3n) is 5.76. The third-order valence-corrected chi connectivity index (χ3v) is 6.91. The molecule has 172 valence electrons. The molecule has 0 saturated heterocycles. The fraction of sp³-hybridized carbons (Fsp3) is 0.185. The number of anilines is 1. The molecule has 0 fully saturated rings. The third kappa shape index (κ3) is 4.71. The van der Waals surface area contributed by atoms with Crippen LogP contribution in [0.15, 0.2) is 72.8 Å². The topological polar surface area (TPSA) is 66.0 Å². The zero-order chi connectivity index (χ0) is 23.5. The number of nitrogens with two attached hydrogens (primary N) is 1. The Bertz CT molecular complexity index is 1430. The molecule has 0 radical (unpaired) electrons. The lowest BCUT2D eigenvalue weighted by atomic mass is 10.2. The predicted molar refractivity (Wildman–Crippen MR) is 136 cm³/mol. The molecule has 0 aliphatic carbocycles. The van der Waals surface area contributed by atoms with E-state index < -0.39 is 0 Å². The molecule has 0 saturated carbocycles. The Hall–Kier alpha value is -3.55. The van der Waals surface area contributed by atoms with Gasteiger partial charge in [0.05, 0.1) is 22.7 Å². The predicted octanol–water partition coefficient (Wildman–Crippen LogP) is 6.23. The molecule has 0 spiro atoms. The first-order valence-electron chi connectivity index (χ1n) is 11.2. The van der Waals surface area contributed by atoms with Crippen molar-refractivity contribution in [2.24, 2.45) is 7.05 Å². The van der Waals surface area contributed by atoms with Crippen molar-refractivity contribution in [3.63, 3.8) is 0 Å². The van der Waals surface area contributed by atoms with E-state index in [-0.39, 0.29) is 5.82 Å². The Morgan fingerprint density at radius 2 is 1.79 bits per heavy atom. The number of ether oxygens (including phenoxy) is 1. The normalized spacial score (nSPS) is 11.4. The number of nitrogen functional groups attached to an aromatic ring is 1. The second kappa shape index (κ2) is 9.75. The van der Waals surface area contributed by atoms with Crippen LogP contribution in [0.3, 0.4) is 0 Å². The van der Waals surface area contributed by atoms with E-state index in [1.165, 1.54) is 17.7 Å². The number of hydrogen-bond acceptors (Lipinski definition) is 5. The fourth-order valence-corrected chi connectivity index (χ4v) is 4.94. The van der Waals surface area contributed by atoms with Gasteiger partial charge in [0.15, 0.2) is 5.82 Å². The molecular formula is C27H25FN4OS. The summed E-state index contributed by atoms with van der Waals surface area (Å²) in [5.41, 5.74) is 10.8. The van der Waals surface area contributed by atoms with Crippen molar-refractivity contribution in [1.82, 2.24) is 14.5 Å². The number of imidazole rings is 1. The van der Waals surface area contributed by atoms with Crippen molar-refractivity contribution >= 4 is 28.2 Å². The van der Waals surface area contributed by atoms with Gasteiger partial charge < -0.3 is 15.0 Å². The lowest BCUT2D eigenvalue weighted by Gasteiger charge is -2.05. The first-order valence-corrected chi connectivity index (χ1v) is 12.0. The highest BCUT2D eigenvalue weighted by Gasteiger charge is 2.15. The summed E-state index contributed by atoms with van der Waals surface area (Å²) in [5.74, 6) is 1.12. The van der Waals surface area contributed by atoms with E-state index in [1.54, 1.807) is 17.4 Å². The Balaban J connectivity index is 1.31. The summed E-state index contributed by atoms with van der Waals surface area (Å²) < 4.78 is 21.5. The monoisotopic (exact) mass is 472 g/mol. The summed E-state index contributed by atoms with van der Waals surface area (Å²) in [6, 6.07) is 22.8. The molecule has 3 heterocycles. The van der Waals surface area contributed by atoms with E-state index in [1.807, 2.05) is 49.5 Å². The summed E-state index contributed by atoms with van der Waals surface area (Å²) in [6.45, 7) is 1.27. The van der Waals surface area contributed by atoms with Crippen LogP contribution in [0.4, 0.5) is 10.2 Å². The van der Waals surface area contributed by atoms with E-state index in [4.69, 9.17) is 15.5 Å². The SMILES string of the molecule is Cn1c(CCCOCc2ccccc2)nc2c(N)nc(-c3ccc(-c4cccc(F)c4)s3)cc21. The Kier molecular flexibility index (Phi) is 6.38. The summed E-state index contributed by atoms with van der Waals surface area (Å²) in [5, 5.41) is 0. The smallest absolute Gasteiger partial charge is 0.152 e. The zero-order valence-electron chi connectivity index (χ0n) is 18.9. The van der Waals surface area contributed by atoms with E-state index in [9.17, 15) is 4.39 Å². The molecule has 34 heavy (non-hydrogen) atoms. The number of rotatable bonds is 8. The maximum Gasteiger partial charge on any atom is 0.152 e. The molecule has 0 aliphatic rings.